The van der Waals surface area contributed by atoms with Crippen LogP contribution < -0.4 is 15.4 Å². The minimum atomic E-state index is -4.43. The van der Waals surface area contributed by atoms with Crippen LogP contribution in [0, 0.1) is 0 Å². The maximum Gasteiger partial charge on any atom is 0.422 e. The molecule has 0 spiro atoms. The van der Waals surface area contributed by atoms with Crippen LogP contribution in [0.25, 0.3) is 0 Å². The molecule has 7 nitrogen and oxygen atoms in total. The summed E-state index contributed by atoms with van der Waals surface area (Å²) in [5.41, 5.74) is 1.29. The van der Waals surface area contributed by atoms with Gasteiger partial charge in [0.25, 0.3) is 0 Å². The van der Waals surface area contributed by atoms with Crippen LogP contribution in [0.2, 0.25) is 0 Å². The predicted molar refractivity (Wildman–Crippen MR) is 118 cm³/mol. The highest BCUT2D eigenvalue weighted by molar-refractivity contribution is 7.89. The Bertz CT molecular complexity index is 1020. The van der Waals surface area contributed by atoms with Gasteiger partial charge in [-0.05, 0) is 42.3 Å². The summed E-state index contributed by atoms with van der Waals surface area (Å²) >= 11 is 0. The third kappa shape index (κ3) is 7.93. The van der Waals surface area contributed by atoms with E-state index in [1.807, 2.05) is 0 Å². The number of nitrogens with zero attached hydrogens (tertiary/aromatic N) is 1. The highest BCUT2D eigenvalue weighted by Crippen LogP contribution is 2.20. The van der Waals surface area contributed by atoms with Gasteiger partial charge in [-0.25, -0.2) is 13.2 Å². The van der Waals surface area contributed by atoms with Gasteiger partial charge in [-0.15, -0.1) is 0 Å². The van der Waals surface area contributed by atoms with Crippen molar-refractivity contribution in [1.82, 2.24) is 14.9 Å². The Balaban J connectivity index is 1.92. The van der Waals surface area contributed by atoms with E-state index in [-0.39, 0.29) is 17.2 Å². The standard InChI is InChI=1S/C22H28F3N3O4S/c1-4-28(5-2)33(30,31)20-11-9-18(10-12-20)16(3)27-21(29)26-14-17-7-6-8-19(13-17)32-15-22(23,24)25/h6-13,16H,4-5,14-15H2,1-3H3,(H2,26,27,29). The van der Waals surface area contributed by atoms with Gasteiger partial charge < -0.3 is 15.4 Å². The number of halogens is 3. The zero-order chi connectivity index (χ0) is 24.6. The van der Waals surface area contributed by atoms with E-state index in [9.17, 15) is 26.4 Å². The van der Waals surface area contributed by atoms with Crippen LogP contribution in [0.3, 0.4) is 0 Å². The number of sulfonamides is 1. The number of ether oxygens (including phenoxy) is 1. The number of carbonyl (C=O) groups is 1. The molecule has 0 aliphatic heterocycles. The van der Waals surface area contributed by atoms with Crippen molar-refractivity contribution < 1.29 is 31.1 Å². The molecule has 0 aliphatic carbocycles. The van der Waals surface area contributed by atoms with Gasteiger partial charge in [0.05, 0.1) is 10.9 Å². The van der Waals surface area contributed by atoms with Crippen molar-refractivity contribution in [1.29, 1.82) is 0 Å². The molecule has 1 atom stereocenters. The van der Waals surface area contributed by atoms with E-state index < -0.39 is 34.9 Å². The number of amides is 2. The van der Waals surface area contributed by atoms with Crippen molar-refractivity contribution in [3.8, 4) is 5.75 Å². The molecule has 182 valence electrons. The summed E-state index contributed by atoms with van der Waals surface area (Å²) in [5.74, 6) is 0.0557. The molecule has 0 aromatic heterocycles. The number of alkyl halides is 3. The molecular formula is C22H28F3N3O4S. The van der Waals surface area contributed by atoms with Crippen molar-refractivity contribution in [3.05, 3.63) is 59.7 Å². The minimum Gasteiger partial charge on any atom is -0.484 e. The van der Waals surface area contributed by atoms with Gasteiger partial charge in [0.1, 0.15) is 5.75 Å². The molecule has 0 bridgehead atoms. The molecule has 0 heterocycles. The maximum absolute atomic E-state index is 12.6. The first kappa shape index (κ1) is 26.5. The number of benzene rings is 2. The van der Waals surface area contributed by atoms with Gasteiger partial charge in [-0.2, -0.15) is 17.5 Å². The van der Waals surface area contributed by atoms with E-state index in [4.69, 9.17) is 4.74 Å². The topological polar surface area (TPSA) is 87.7 Å². The molecule has 11 heteroatoms. The Hall–Kier alpha value is -2.79. The van der Waals surface area contributed by atoms with E-state index in [1.54, 1.807) is 39.0 Å². The first-order valence-corrected chi connectivity index (χ1v) is 11.8. The first-order valence-electron chi connectivity index (χ1n) is 10.4. The Morgan fingerprint density at radius 3 is 2.30 bits per heavy atom. The maximum atomic E-state index is 12.6. The molecule has 2 amide bonds. The number of hydrogen-bond acceptors (Lipinski definition) is 4. The lowest BCUT2D eigenvalue weighted by molar-refractivity contribution is -0.153. The zero-order valence-electron chi connectivity index (χ0n) is 18.6. The summed E-state index contributed by atoms with van der Waals surface area (Å²) in [6, 6.07) is 11.4. The van der Waals surface area contributed by atoms with Gasteiger partial charge in [0.2, 0.25) is 10.0 Å². The number of urea groups is 1. The van der Waals surface area contributed by atoms with Crippen LogP contribution in [-0.4, -0.2) is 44.6 Å². The summed E-state index contributed by atoms with van der Waals surface area (Å²) in [7, 11) is -3.56. The first-order chi connectivity index (χ1) is 15.5. The van der Waals surface area contributed by atoms with Crippen molar-refractivity contribution in [2.75, 3.05) is 19.7 Å². The summed E-state index contributed by atoms with van der Waals surface area (Å²) in [6.45, 7) is 4.72. The number of carbonyl (C=O) groups excluding carboxylic acids is 1. The average Bonchev–Trinajstić information content (AvgIpc) is 2.77. The second-order valence-corrected chi connectivity index (χ2v) is 9.20. The van der Waals surface area contributed by atoms with Gasteiger partial charge in [-0.1, -0.05) is 38.1 Å². The van der Waals surface area contributed by atoms with E-state index >= 15 is 0 Å². The Morgan fingerprint density at radius 1 is 1.09 bits per heavy atom. The van der Waals surface area contributed by atoms with E-state index in [0.717, 1.165) is 0 Å². The van der Waals surface area contributed by atoms with Gasteiger partial charge in [0.15, 0.2) is 6.61 Å². The smallest absolute Gasteiger partial charge is 0.422 e. The van der Waals surface area contributed by atoms with Gasteiger partial charge in [-0.3, -0.25) is 0 Å². The third-order valence-electron chi connectivity index (χ3n) is 4.82. The molecule has 0 saturated carbocycles. The second-order valence-electron chi connectivity index (χ2n) is 7.26. The molecular weight excluding hydrogens is 459 g/mol. The fraction of sp³-hybridized carbons (Fsp3) is 0.409. The number of rotatable bonds is 10. The number of hydrogen-bond donors (Lipinski definition) is 2. The van der Waals surface area contributed by atoms with E-state index in [2.05, 4.69) is 10.6 Å². The SMILES string of the molecule is CCN(CC)S(=O)(=O)c1ccc(C(C)NC(=O)NCc2cccc(OCC(F)(F)F)c2)cc1. The second kappa shape index (κ2) is 11.4. The molecule has 33 heavy (non-hydrogen) atoms. The van der Waals surface area contributed by atoms with Crippen LogP contribution in [0.1, 0.15) is 37.9 Å². The lowest BCUT2D eigenvalue weighted by Gasteiger charge is -2.19. The minimum absolute atomic E-state index is 0.0557. The third-order valence-corrected chi connectivity index (χ3v) is 6.89. The van der Waals surface area contributed by atoms with Crippen molar-refractivity contribution in [3.63, 3.8) is 0 Å². The summed E-state index contributed by atoms with van der Waals surface area (Å²) in [6.07, 6.45) is -4.43. The molecule has 2 aromatic rings. The highest BCUT2D eigenvalue weighted by atomic mass is 32.2. The summed E-state index contributed by atoms with van der Waals surface area (Å²) < 4.78 is 68.1. The van der Waals surface area contributed by atoms with E-state index in [0.29, 0.717) is 24.2 Å². The number of nitrogens with one attached hydrogen (secondary N) is 2. The molecule has 2 rings (SSSR count). The highest BCUT2D eigenvalue weighted by Gasteiger charge is 2.28. The molecule has 2 aromatic carbocycles. The molecule has 2 N–H and O–H groups in total. The Morgan fingerprint density at radius 2 is 1.73 bits per heavy atom. The van der Waals surface area contributed by atoms with Crippen molar-refractivity contribution in [2.45, 2.75) is 44.4 Å². The fourth-order valence-electron chi connectivity index (χ4n) is 3.06. The fourth-order valence-corrected chi connectivity index (χ4v) is 4.52. The lowest BCUT2D eigenvalue weighted by Crippen LogP contribution is -2.36. The van der Waals surface area contributed by atoms with Crippen LogP contribution >= 0.6 is 0 Å². The molecule has 0 fully saturated rings. The van der Waals surface area contributed by atoms with Crippen LogP contribution in [0.15, 0.2) is 53.4 Å². The van der Waals surface area contributed by atoms with Crippen LogP contribution in [0.4, 0.5) is 18.0 Å². The van der Waals surface area contributed by atoms with Crippen molar-refractivity contribution >= 4 is 16.1 Å². The molecule has 0 radical (unpaired) electrons. The van der Waals surface area contributed by atoms with Gasteiger partial charge >= 0.3 is 12.2 Å². The Labute approximate surface area is 192 Å². The molecule has 1 unspecified atom stereocenters. The monoisotopic (exact) mass is 487 g/mol. The lowest BCUT2D eigenvalue weighted by atomic mass is 10.1. The predicted octanol–water partition coefficient (Wildman–Crippen LogP) is 4.22. The van der Waals surface area contributed by atoms with Gasteiger partial charge in [0, 0.05) is 19.6 Å². The van der Waals surface area contributed by atoms with Crippen LogP contribution in [-0.2, 0) is 16.6 Å². The summed E-state index contributed by atoms with van der Waals surface area (Å²) in [5, 5.41) is 5.37. The zero-order valence-corrected chi connectivity index (χ0v) is 19.5. The van der Waals surface area contributed by atoms with Crippen LogP contribution in [0.5, 0.6) is 5.75 Å². The van der Waals surface area contributed by atoms with E-state index in [1.165, 1.54) is 34.6 Å². The summed E-state index contributed by atoms with van der Waals surface area (Å²) in [4.78, 5) is 12.4. The largest absolute Gasteiger partial charge is 0.484 e. The quantitative estimate of drug-likeness (QED) is 0.525. The molecule has 0 saturated heterocycles. The average molecular weight is 488 g/mol. The molecule has 0 aliphatic rings. The normalized spacial score (nSPS) is 12.9. The Kier molecular flexibility index (Phi) is 9.12. The van der Waals surface area contributed by atoms with Crippen molar-refractivity contribution in [2.24, 2.45) is 0 Å².